The zero-order chi connectivity index (χ0) is 18.3. The largest absolute Gasteiger partial charge is 0.420 e. The summed E-state index contributed by atoms with van der Waals surface area (Å²) >= 11 is 1.40. The minimum absolute atomic E-state index is 0.0992. The molecule has 0 unspecified atom stereocenters. The highest BCUT2D eigenvalue weighted by molar-refractivity contribution is 7.98. The van der Waals surface area contributed by atoms with Gasteiger partial charge < -0.3 is 8.82 Å². The molecule has 3 aromatic heterocycles. The predicted molar refractivity (Wildman–Crippen MR) is 104 cm³/mol. The first-order valence-corrected chi connectivity index (χ1v) is 9.62. The van der Waals surface area contributed by atoms with Gasteiger partial charge in [0.1, 0.15) is 11.1 Å². The van der Waals surface area contributed by atoms with Crippen LogP contribution < -0.4 is 5.63 Å². The Morgan fingerprint density at radius 2 is 1.85 bits per heavy atom. The molecular weight excluding hydrogens is 346 g/mol. The Morgan fingerprint density at radius 3 is 2.54 bits per heavy atom. The molecule has 0 saturated heterocycles. The van der Waals surface area contributed by atoms with Crippen molar-refractivity contribution in [1.29, 1.82) is 0 Å². The molecule has 4 aromatic rings. The fraction of sp³-hybridized carbons (Fsp3) is 0.143. The van der Waals surface area contributed by atoms with Crippen LogP contribution in [0.2, 0.25) is 0 Å². The van der Waals surface area contributed by atoms with E-state index in [1.54, 1.807) is 24.3 Å². The minimum atomic E-state index is -0.582. The number of aryl methyl sites for hydroxylation is 1. The summed E-state index contributed by atoms with van der Waals surface area (Å²) in [6.07, 6.45) is 4.55. The van der Waals surface area contributed by atoms with Gasteiger partial charge in [0, 0.05) is 17.3 Å². The van der Waals surface area contributed by atoms with Gasteiger partial charge >= 0.3 is 5.63 Å². The zero-order valence-corrected chi connectivity index (χ0v) is 15.3. The maximum Gasteiger partial charge on any atom is 0.348 e. The van der Waals surface area contributed by atoms with Crippen LogP contribution in [-0.4, -0.2) is 16.4 Å². The van der Waals surface area contributed by atoms with E-state index in [0.29, 0.717) is 16.0 Å². The highest BCUT2D eigenvalue weighted by Crippen LogP contribution is 2.35. The number of aromatic nitrogens is 1. The monoisotopic (exact) mass is 363 g/mol. The van der Waals surface area contributed by atoms with E-state index in [1.807, 2.05) is 48.0 Å². The van der Waals surface area contributed by atoms with Crippen molar-refractivity contribution in [2.45, 2.75) is 18.2 Å². The number of ketones is 1. The second kappa shape index (κ2) is 6.50. The van der Waals surface area contributed by atoms with Crippen LogP contribution in [0.4, 0.5) is 0 Å². The molecule has 0 saturated carbocycles. The van der Waals surface area contributed by atoms with Crippen molar-refractivity contribution in [2.75, 3.05) is 6.26 Å². The van der Waals surface area contributed by atoms with E-state index in [0.717, 1.165) is 23.0 Å². The number of pyridine rings is 1. The molecule has 5 heteroatoms. The van der Waals surface area contributed by atoms with Crippen LogP contribution in [0.15, 0.2) is 68.8 Å². The predicted octanol–water partition coefficient (Wildman–Crippen LogP) is 4.56. The number of carbonyl (C=O) groups is 1. The Morgan fingerprint density at radius 1 is 1.12 bits per heavy atom. The van der Waals surface area contributed by atoms with Crippen LogP contribution in [0.25, 0.3) is 16.6 Å². The average Bonchev–Trinajstić information content (AvgIpc) is 3.00. The molecule has 0 spiro atoms. The van der Waals surface area contributed by atoms with Crippen LogP contribution in [-0.2, 0) is 6.42 Å². The first-order chi connectivity index (χ1) is 12.7. The second-order valence-electron chi connectivity index (χ2n) is 5.96. The highest BCUT2D eigenvalue weighted by Gasteiger charge is 2.25. The topological polar surface area (TPSA) is 51.7 Å². The van der Waals surface area contributed by atoms with E-state index in [9.17, 15) is 9.59 Å². The molecule has 0 N–H and O–H groups in total. The molecular formula is C21H17NO3S. The first-order valence-electron chi connectivity index (χ1n) is 8.39. The molecule has 0 aliphatic carbocycles. The average molecular weight is 363 g/mol. The zero-order valence-electron chi connectivity index (χ0n) is 14.5. The molecule has 0 atom stereocenters. The molecule has 0 amide bonds. The Hall–Kier alpha value is -2.79. The number of thioether (sulfide) groups is 1. The first kappa shape index (κ1) is 16.7. The number of carbonyl (C=O) groups excluding carboxylic acids is 1. The molecule has 26 heavy (non-hydrogen) atoms. The van der Waals surface area contributed by atoms with Gasteiger partial charge in [-0.3, -0.25) is 4.79 Å². The molecule has 0 bridgehead atoms. The number of fused-ring (bicyclic) bond motifs is 3. The lowest BCUT2D eigenvalue weighted by Gasteiger charge is -2.08. The Kier molecular flexibility index (Phi) is 4.17. The molecule has 0 radical (unpaired) electrons. The van der Waals surface area contributed by atoms with Gasteiger partial charge in [0.25, 0.3) is 0 Å². The highest BCUT2D eigenvalue weighted by atomic mass is 32.2. The number of benzene rings is 1. The Balaban J connectivity index is 2.13. The summed E-state index contributed by atoms with van der Waals surface area (Å²) in [6.45, 7) is 2.03. The van der Waals surface area contributed by atoms with Gasteiger partial charge in [-0.1, -0.05) is 43.3 Å². The molecule has 0 fully saturated rings. The van der Waals surface area contributed by atoms with Gasteiger partial charge in [-0.15, -0.1) is 11.8 Å². The maximum atomic E-state index is 13.0. The van der Waals surface area contributed by atoms with E-state index in [4.69, 9.17) is 4.42 Å². The van der Waals surface area contributed by atoms with Gasteiger partial charge in [-0.2, -0.15) is 0 Å². The summed E-state index contributed by atoms with van der Waals surface area (Å²) < 4.78 is 7.68. The lowest BCUT2D eigenvalue weighted by molar-refractivity contribution is 0.103. The van der Waals surface area contributed by atoms with Crippen LogP contribution in [0, 0.1) is 0 Å². The quantitative estimate of drug-likeness (QED) is 0.394. The van der Waals surface area contributed by atoms with Crippen molar-refractivity contribution >= 4 is 34.2 Å². The van der Waals surface area contributed by atoms with Gasteiger partial charge in [-0.25, -0.2) is 4.79 Å². The minimum Gasteiger partial charge on any atom is -0.420 e. The summed E-state index contributed by atoms with van der Waals surface area (Å²) in [7, 11) is 0. The molecule has 0 aliphatic heterocycles. The number of hydrogen-bond acceptors (Lipinski definition) is 4. The summed E-state index contributed by atoms with van der Waals surface area (Å²) in [5.41, 5.74) is 3.32. The number of nitrogens with zero attached hydrogens (tertiary/aromatic N) is 1. The second-order valence-corrected chi connectivity index (χ2v) is 6.78. The molecule has 1 aromatic carbocycles. The SMILES string of the molecule is CCc1c2oc(=O)c(C(=O)c3ccccc3)c(SC)c2n2ccccc12. The third kappa shape index (κ3) is 2.39. The summed E-state index contributed by atoms with van der Waals surface area (Å²) in [5.74, 6) is -0.311. The molecule has 3 heterocycles. The fourth-order valence-corrected chi connectivity index (χ4v) is 4.16. The van der Waals surface area contributed by atoms with Crippen LogP contribution in [0.1, 0.15) is 28.4 Å². The van der Waals surface area contributed by atoms with E-state index < -0.39 is 5.63 Å². The van der Waals surface area contributed by atoms with Crippen molar-refractivity contribution in [2.24, 2.45) is 0 Å². The van der Waals surface area contributed by atoms with E-state index in [1.165, 1.54) is 11.8 Å². The molecule has 0 aliphatic rings. The summed E-state index contributed by atoms with van der Waals surface area (Å²) in [6, 6.07) is 14.7. The van der Waals surface area contributed by atoms with Gasteiger partial charge in [0.05, 0.1) is 10.4 Å². The standard InChI is InChI=1S/C21H17NO3S/c1-3-14-15-11-7-8-12-22(15)17-19(14)25-21(24)16(20(17)26-2)18(23)13-9-5-4-6-10-13/h4-12H,3H2,1-2H3. The van der Waals surface area contributed by atoms with Crippen LogP contribution in [0.5, 0.6) is 0 Å². The van der Waals surface area contributed by atoms with Gasteiger partial charge in [-0.05, 0) is 24.8 Å². The molecule has 130 valence electrons. The van der Waals surface area contributed by atoms with Crippen molar-refractivity contribution in [1.82, 2.24) is 4.40 Å². The Labute approximate surface area is 154 Å². The number of rotatable bonds is 4. The molecule has 4 nitrogen and oxygen atoms in total. The van der Waals surface area contributed by atoms with Crippen molar-refractivity contribution < 1.29 is 9.21 Å². The summed E-state index contributed by atoms with van der Waals surface area (Å²) in [4.78, 5) is 26.4. The fourth-order valence-electron chi connectivity index (χ4n) is 3.40. The van der Waals surface area contributed by atoms with Gasteiger partial charge in [0.2, 0.25) is 5.78 Å². The van der Waals surface area contributed by atoms with Crippen molar-refractivity contribution in [3.8, 4) is 0 Å². The third-order valence-corrected chi connectivity index (χ3v) is 5.37. The van der Waals surface area contributed by atoms with E-state index in [-0.39, 0.29) is 11.3 Å². The normalized spacial score (nSPS) is 11.3. The van der Waals surface area contributed by atoms with Crippen LogP contribution >= 0.6 is 11.8 Å². The third-order valence-electron chi connectivity index (χ3n) is 4.56. The Bertz CT molecular complexity index is 1190. The van der Waals surface area contributed by atoms with Crippen molar-refractivity contribution in [3.63, 3.8) is 0 Å². The van der Waals surface area contributed by atoms with Gasteiger partial charge in [0.15, 0.2) is 5.58 Å². The lowest BCUT2D eigenvalue weighted by atomic mass is 10.0. The van der Waals surface area contributed by atoms with E-state index >= 15 is 0 Å². The molecule has 4 rings (SSSR count). The van der Waals surface area contributed by atoms with E-state index in [2.05, 4.69) is 0 Å². The van der Waals surface area contributed by atoms with Crippen LogP contribution in [0.3, 0.4) is 0 Å². The lowest BCUT2D eigenvalue weighted by Crippen LogP contribution is -2.17. The van der Waals surface area contributed by atoms with Crippen molar-refractivity contribution in [3.05, 3.63) is 81.8 Å². The smallest absolute Gasteiger partial charge is 0.348 e. The number of hydrogen-bond donors (Lipinski definition) is 0. The maximum absolute atomic E-state index is 13.0. The summed E-state index contributed by atoms with van der Waals surface area (Å²) in [5, 5.41) is 0.